The summed E-state index contributed by atoms with van der Waals surface area (Å²) in [6.45, 7) is 4.66. The van der Waals surface area contributed by atoms with Gasteiger partial charge in [0.05, 0.1) is 11.6 Å². The van der Waals surface area contributed by atoms with Crippen molar-refractivity contribution in [2.24, 2.45) is 0 Å². The van der Waals surface area contributed by atoms with Gasteiger partial charge in [0.2, 0.25) is 5.91 Å². The number of benzene rings is 2. The number of para-hydroxylation sites is 1. The minimum atomic E-state index is -0.0460. The van der Waals surface area contributed by atoms with Gasteiger partial charge in [-0.15, -0.1) is 0 Å². The summed E-state index contributed by atoms with van der Waals surface area (Å²) in [6, 6.07) is 16.0. The van der Waals surface area contributed by atoms with Crippen LogP contribution in [0.1, 0.15) is 36.8 Å². The van der Waals surface area contributed by atoms with Crippen LogP contribution in [0.2, 0.25) is 5.02 Å². The van der Waals surface area contributed by atoms with Gasteiger partial charge in [-0.3, -0.25) is 4.79 Å². The predicted octanol–water partition coefficient (Wildman–Crippen LogP) is 4.67. The average molecular weight is 402 g/mol. The number of aryl methyl sites for hydroxylation is 1. The van der Waals surface area contributed by atoms with Gasteiger partial charge >= 0.3 is 0 Å². The summed E-state index contributed by atoms with van der Waals surface area (Å²) in [7, 11) is 0. The quantitative estimate of drug-likeness (QED) is 0.654. The van der Waals surface area contributed by atoms with E-state index in [4.69, 9.17) is 21.1 Å². The van der Waals surface area contributed by atoms with E-state index in [1.165, 1.54) is 11.1 Å². The number of hydrogen-bond donors (Lipinski definition) is 1. The second-order valence-electron chi connectivity index (χ2n) is 7.42. The molecule has 4 nitrogen and oxygen atoms in total. The lowest BCUT2D eigenvalue weighted by Crippen LogP contribution is -2.44. The highest BCUT2D eigenvalue weighted by Gasteiger charge is 2.34. The fourth-order valence-corrected chi connectivity index (χ4v) is 3.76. The molecular weight excluding hydrogens is 374 g/mol. The van der Waals surface area contributed by atoms with E-state index in [1.807, 2.05) is 18.2 Å². The highest BCUT2D eigenvalue weighted by molar-refractivity contribution is 6.32. The second-order valence-corrected chi connectivity index (χ2v) is 7.83. The van der Waals surface area contributed by atoms with Crippen LogP contribution in [0, 0.1) is 6.92 Å². The number of hydrogen-bond acceptors (Lipinski definition) is 3. The van der Waals surface area contributed by atoms with Gasteiger partial charge in [0.1, 0.15) is 5.75 Å². The maximum atomic E-state index is 12.4. The number of carbonyl (C=O) groups is 1. The first kappa shape index (κ1) is 20.7. The van der Waals surface area contributed by atoms with Gasteiger partial charge in [-0.05, 0) is 43.9 Å². The molecule has 0 saturated carbocycles. The van der Waals surface area contributed by atoms with Crippen molar-refractivity contribution >= 4 is 17.5 Å². The first-order valence-electron chi connectivity index (χ1n) is 9.88. The largest absolute Gasteiger partial charge is 0.492 e. The lowest BCUT2D eigenvalue weighted by Gasteiger charge is -2.38. The lowest BCUT2D eigenvalue weighted by molar-refractivity contribution is -0.121. The van der Waals surface area contributed by atoms with E-state index >= 15 is 0 Å². The van der Waals surface area contributed by atoms with E-state index in [0.29, 0.717) is 36.8 Å². The molecule has 0 unspecified atom stereocenters. The molecule has 1 amide bonds. The molecule has 1 fully saturated rings. The molecule has 5 heteroatoms. The Morgan fingerprint density at radius 2 is 1.86 bits per heavy atom. The van der Waals surface area contributed by atoms with Crippen LogP contribution in [0.25, 0.3) is 0 Å². The van der Waals surface area contributed by atoms with Crippen molar-refractivity contribution in [2.45, 2.75) is 38.0 Å². The van der Waals surface area contributed by atoms with Gasteiger partial charge in [0.25, 0.3) is 0 Å². The van der Waals surface area contributed by atoms with Crippen molar-refractivity contribution < 1.29 is 14.3 Å². The van der Waals surface area contributed by atoms with Crippen molar-refractivity contribution in [3.05, 3.63) is 64.7 Å². The van der Waals surface area contributed by atoms with Gasteiger partial charge in [-0.2, -0.15) is 0 Å². The van der Waals surface area contributed by atoms with E-state index in [0.717, 1.165) is 26.1 Å². The maximum Gasteiger partial charge on any atom is 0.220 e. The van der Waals surface area contributed by atoms with Crippen LogP contribution >= 0.6 is 11.6 Å². The molecule has 2 aromatic carbocycles. The maximum absolute atomic E-state index is 12.4. The molecule has 0 aliphatic carbocycles. The van der Waals surface area contributed by atoms with Crippen molar-refractivity contribution in [1.29, 1.82) is 0 Å². The van der Waals surface area contributed by atoms with E-state index in [9.17, 15) is 4.79 Å². The molecule has 0 atom stereocenters. The minimum Gasteiger partial charge on any atom is -0.492 e. The Labute approximate surface area is 172 Å². The first-order chi connectivity index (χ1) is 13.6. The van der Waals surface area contributed by atoms with Crippen LogP contribution in [0.3, 0.4) is 0 Å². The van der Waals surface area contributed by atoms with Gasteiger partial charge in [0.15, 0.2) is 0 Å². The standard InChI is InChI=1S/C23H28ClNO3/c1-18-8-10-19(11-9-18)23(12-15-27-16-13-23)17-25-22(26)7-4-14-28-21-6-3-2-5-20(21)24/h2-3,5-6,8-11H,4,7,12-17H2,1H3,(H,25,26). The van der Waals surface area contributed by atoms with Crippen molar-refractivity contribution in [3.8, 4) is 5.75 Å². The molecule has 28 heavy (non-hydrogen) atoms. The van der Waals surface area contributed by atoms with Crippen LogP contribution in [0.15, 0.2) is 48.5 Å². The second kappa shape index (κ2) is 9.94. The SMILES string of the molecule is Cc1ccc(C2(CNC(=O)CCCOc3ccccc3Cl)CCOCC2)cc1. The number of carbonyl (C=O) groups excluding carboxylic acids is 1. The van der Waals surface area contributed by atoms with E-state index < -0.39 is 0 Å². The van der Waals surface area contributed by atoms with E-state index in [2.05, 4.69) is 36.5 Å². The van der Waals surface area contributed by atoms with Crippen molar-refractivity contribution in [2.75, 3.05) is 26.4 Å². The fraction of sp³-hybridized carbons (Fsp3) is 0.435. The Hall–Kier alpha value is -2.04. The number of amides is 1. The summed E-state index contributed by atoms with van der Waals surface area (Å²) in [4.78, 5) is 12.4. The number of rotatable bonds is 8. The minimum absolute atomic E-state index is 0.0460. The van der Waals surface area contributed by atoms with Crippen LogP contribution in [-0.2, 0) is 14.9 Å². The topological polar surface area (TPSA) is 47.6 Å². The normalized spacial score (nSPS) is 15.8. The average Bonchev–Trinajstić information content (AvgIpc) is 2.72. The Morgan fingerprint density at radius 3 is 2.57 bits per heavy atom. The summed E-state index contributed by atoms with van der Waals surface area (Å²) < 4.78 is 11.2. The molecule has 1 N–H and O–H groups in total. The Balaban J connectivity index is 1.48. The third-order valence-electron chi connectivity index (χ3n) is 5.38. The van der Waals surface area contributed by atoms with E-state index in [1.54, 1.807) is 6.07 Å². The number of halogens is 1. The molecule has 3 rings (SSSR count). The summed E-state index contributed by atoms with van der Waals surface area (Å²) in [5.41, 5.74) is 2.48. The Morgan fingerprint density at radius 1 is 1.14 bits per heavy atom. The van der Waals surface area contributed by atoms with Crippen LogP contribution < -0.4 is 10.1 Å². The predicted molar refractivity (Wildman–Crippen MR) is 112 cm³/mol. The number of nitrogens with one attached hydrogen (secondary N) is 1. The monoisotopic (exact) mass is 401 g/mol. The number of ether oxygens (including phenoxy) is 2. The van der Waals surface area contributed by atoms with Crippen LogP contribution in [0.5, 0.6) is 5.75 Å². The van der Waals surface area contributed by atoms with Crippen LogP contribution in [0.4, 0.5) is 0 Å². The molecule has 1 aliphatic rings. The van der Waals surface area contributed by atoms with Gasteiger partial charge in [-0.25, -0.2) is 0 Å². The highest BCUT2D eigenvalue weighted by Crippen LogP contribution is 2.34. The molecule has 0 radical (unpaired) electrons. The van der Waals surface area contributed by atoms with Crippen molar-refractivity contribution in [1.82, 2.24) is 5.32 Å². The summed E-state index contributed by atoms with van der Waals surface area (Å²) in [5, 5.41) is 3.73. The zero-order valence-electron chi connectivity index (χ0n) is 16.4. The van der Waals surface area contributed by atoms with Gasteiger partial charge in [-0.1, -0.05) is 53.6 Å². The molecule has 1 saturated heterocycles. The molecule has 150 valence electrons. The summed E-state index contributed by atoms with van der Waals surface area (Å²) >= 11 is 6.07. The van der Waals surface area contributed by atoms with Crippen LogP contribution in [-0.4, -0.2) is 32.3 Å². The summed E-state index contributed by atoms with van der Waals surface area (Å²) in [5.74, 6) is 0.714. The molecule has 0 aromatic heterocycles. The first-order valence-corrected chi connectivity index (χ1v) is 10.3. The third-order valence-corrected chi connectivity index (χ3v) is 5.69. The summed E-state index contributed by atoms with van der Waals surface area (Å²) in [6.07, 6.45) is 2.93. The smallest absolute Gasteiger partial charge is 0.220 e. The fourth-order valence-electron chi connectivity index (χ4n) is 3.57. The molecule has 1 heterocycles. The molecule has 0 bridgehead atoms. The zero-order valence-corrected chi connectivity index (χ0v) is 17.1. The molecular formula is C23H28ClNO3. The highest BCUT2D eigenvalue weighted by atomic mass is 35.5. The molecule has 2 aromatic rings. The molecule has 1 aliphatic heterocycles. The lowest BCUT2D eigenvalue weighted by atomic mass is 9.74. The third kappa shape index (κ3) is 5.49. The Kier molecular flexibility index (Phi) is 7.35. The van der Waals surface area contributed by atoms with E-state index in [-0.39, 0.29) is 11.3 Å². The van der Waals surface area contributed by atoms with Gasteiger partial charge < -0.3 is 14.8 Å². The molecule has 0 spiro atoms. The zero-order chi connectivity index (χ0) is 19.8. The van der Waals surface area contributed by atoms with Crippen molar-refractivity contribution in [3.63, 3.8) is 0 Å². The van der Waals surface area contributed by atoms with Gasteiger partial charge in [0, 0.05) is 31.6 Å². The Bertz CT molecular complexity index is 770.